The summed E-state index contributed by atoms with van der Waals surface area (Å²) < 4.78 is 0. The van der Waals surface area contributed by atoms with Gasteiger partial charge in [0.1, 0.15) is 5.70 Å². The van der Waals surface area contributed by atoms with Gasteiger partial charge in [-0.05, 0) is 41.8 Å². The Kier molecular flexibility index (Phi) is 5.46. The molecule has 1 aromatic heterocycles. The zero-order valence-corrected chi connectivity index (χ0v) is 14.6. The number of rotatable bonds is 5. The molecule has 0 atom stereocenters. The molecule has 4 N–H and O–H groups in total. The molecule has 0 bridgehead atoms. The first kappa shape index (κ1) is 17.4. The summed E-state index contributed by atoms with van der Waals surface area (Å²) in [5.41, 5.74) is 7.43. The number of nitrogens with two attached hydrogens (primary N) is 1. The lowest BCUT2D eigenvalue weighted by molar-refractivity contribution is -0.113. The molecule has 3 aromatic rings. The SMILES string of the molecule is Nc1ccccc1NC(=O)/C(=C/c1cccs1)NC(=O)c1ccccc1. The highest BCUT2D eigenvalue weighted by Crippen LogP contribution is 2.19. The predicted octanol–water partition coefficient (Wildman–Crippen LogP) is 3.74. The van der Waals surface area contributed by atoms with Crippen LogP contribution in [-0.2, 0) is 4.79 Å². The van der Waals surface area contributed by atoms with E-state index >= 15 is 0 Å². The second-order valence-corrected chi connectivity index (χ2v) is 6.41. The first-order valence-corrected chi connectivity index (χ1v) is 8.79. The number of benzene rings is 2. The summed E-state index contributed by atoms with van der Waals surface area (Å²) in [5.74, 6) is -0.801. The summed E-state index contributed by atoms with van der Waals surface area (Å²) in [7, 11) is 0. The van der Waals surface area contributed by atoms with Crippen LogP contribution in [0.2, 0.25) is 0 Å². The van der Waals surface area contributed by atoms with E-state index in [0.29, 0.717) is 16.9 Å². The molecular weight excluding hydrogens is 346 g/mol. The van der Waals surface area contributed by atoms with E-state index in [1.807, 2.05) is 23.6 Å². The third-order valence-electron chi connectivity index (χ3n) is 3.57. The number of hydrogen-bond donors (Lipinski definition) is 3. The number of nitrogens with one attached hydrogen (secondary N) is 2. The fourth-order valence-corrected chi connectivity index (χ4v) is 2.92. The lowest BCUT2D eigenvalue weighted by Crippen LogP contribution is -2.30. The van der Waals surface area contributed by atoms with Crippen LogP contribution in [0.3, 0.4) is 0 Å². The van der Waals surface area contributed by atoms with E-state index in [2.05, 4.69) is 10.6 Å². The van der Waals surface area contributed by atoms with Gasteiger partial charge in [-0.1, -0.05) is 36.4 Å². The van der Waals surface area contributed by atoms with Crippen molar-refractivity contribution in [3.63, 3.8) is 0 Å². The first-order chi connectivity index (χ1) is 12.6. The zero-order chi connectivity index (χ0) is 18.4. The second kappa shape index (κ2) is 8.13. The molecule has 0 saturated heterocycles. The quantitative estimate of drug-likeness (QED) is 0.477. The molecule has 0 aliphatic heterocycles. The molecule has 0 aliphatic carbocycles. The Balaban J connectivity index is 1.85. The van der Waals surface area contributed by atoms with E-state index in [4.69, 9.17) is 5.73 Å². The topological polar surface area (TPSA) is 84.2 Å². The van der Waals surface area contributed by atoms with Gasteiger partial charge in [-0.25, -0.2) is 0 Å². The predicted molar refractivity (Wildman–Crippen MR) is 106 cm³/mol. The number of carbonyl (C=O) groups excluding carboxylic acids is 2. The van der Waals surface area contributed by atoms with Gasteiger partial charge >= 0.3 is 0 Å². The molecule has 2 amide bonds. The summed E-state index contributed by atoms with van der Waals surface area (Å²) >= 11 is 1.47. The molecule has 0 saturated carbocycles. The van der Waals surface area contributed by atoms with Crippen molar-refractivity contribution in [1.29, 1.82) is 0 Å². The molecule has 0 radical (unpaired) electrons. The Morgan fingerprint density at radius 1 is 0.923 bits per heavy atom. The number of carbonyl (C=O) groups is 2. The van der Waals surface area contributed by atoms with Gasteiger partial charge in [-0.2, -0.15) is 0 Å². The first-order valence-electron chi connectivity index (χ1n) is 7.91. The smallest absolute Gasteiger partial charge is 0.272 e. The number of amides is 2. The largest absolute Gasteiger partial charge is 0.397 e. The van der Waals surface area contributed by atoms with Crippen molar-refractivity contribution >= 4 is 40.6 Å². The van der Waals surface area contributed by atoms with Crippen molar-refractivity contribution in [3.8, 4) is 0 Å². The number of hydrogen-bond acceptors (Lipinski definition) is 4. The Morgan fingerprint density at radius 2 is 1.65 bits per heavy atom. The highest BCUT2D eigenvalue weighted by Gasteiger charge is 2.15. The maximum Gasteiger partial charge on any atom is 0.272 e. The van der Waals surface area contributed by atoms with Crippen molar-refractivity contribution < 1.29 is 9.59 Å². The molecule has 26 heavy (non-hydrogen) atoms. The number of nitrogen functional groups attached to an aromatic ring is 1. The molecule has 2 aromatic carbocycles. The lowest BCUT2D eigenvalue weighted by atomic mass is 10.2. The minimum Gasteiger partial charge on any atom is -0.397 e. The maximum atomic E-state index is 12.7. The third-order valence-corrected chi connectivity index (χ3v) is 4.39. The molecule has 130 valence electrons. The Hall–Kier alpha value is -3.38. The van der Waals surface area contributed by atoms with Gasteiger partial charge in [0.25, 0.3) is 11.8 Å². The maximum absolute atomic E-state index is 12.7. The van der Waals surface area contributed by atoms with E-state index in [1.165, 1.54) is 11.3 Å². The minimum absolute atomic E-state index is 0.143. The summed E-state index contributed by atoms with van der Waals surface area (Å²) in [6.07, 6.45) is 1.64. The highest BCUT2D eigenvalue weighted by molar-refractivity contribution is 7.10. The van der Waals surface area contributed by atoms with Crippen LogP contribution >= 0.6 is 11.3 Å². The Bertz CT molecular complexity index is 935. The molecular formula is C20H17N3O2S. The molecule has 3 rings (SSSR count). The Morgan fingerprint density at radius 3 is 2.35 bits per heavy atom. The van der Waals surface area contributed by atoms with Crippen molar-refractivity contribution in [3.05, 3.63) is 88.2 Å². The fourth-order valence-electron chi connectivity index (χ4n) is 2.26. The van der Waals surface area contributed by atoms with E-state index < -0.39 is 5.91 Å². The molecule has 0 spiro atoms. The van der Waals surface area contributed by atoms with Crippen LogP contribution in [0.5, 0.6) is 0 Å². The van der Waals surface area contributed by atoms with Crippen LogP contribution in [0, 0.1) is 0 Å². The summed E-state index contributed by atoms with van der Waals surface area (Å²) in [6, 6.07) is 19.4. The normalized spacial score (nSPS) is 11.0. The number of anilines is 2. The fraction of sp³-hybridized carbons (Fsp3) is 0. The lowest BCUT2D eigenvalue weighted by Gasteiger charge is -2.12. The molecule has 5 nitrogen and oxygen atoms in total. The van der Waals surface area contributed by atoms with Crippen molar-refractivity contribution in [2.75, 3.05) is 11.1 Å². The monoisotopic (exact) mass is 363 g/mol. The van der Waals surface area contributed by atoms with Crippen molar-refractivity contribution in [2.24, 2.45) is 0 Å². The zero-order valence-electron chi connectivity index (χ0n) is 13.8. The van der Waals surface area contributed by atoms with Crippen LogP contribution in [0.15, 0.2) is 77.8 Å². The van der Waals surface area contributed by atoms with Gasteiger partial charge in [0.15, 0.2) is 0 Å². The summed E-state index contributed by atoms with van der Waals surface area (Å²) in [4.78, 5) is 26.0. The second-order valence-electron chi connectivity index (χ2n) is 5.43. The van der Waals surface area contributed by atoms with Crippen LogP contribution in [0.4, 0.5) is 11.4 Å². The summed E-state index contributed by atoms with van der Waals surface area (Å²) in [5, 5.41) is 7.32. The van der Waals surface area contributed by atoms with E-state index in [-0.39, 0.29) is 11.6 Å². The van der Waals surface area contributed by atoms with Crippen molar-refractivity contribution in [1.82, 2.24) is 5.32 Å². The summed E-state index contributed by atoms with van der Waals surface area (Å²) in [6.45, 7) is 0. The highest BCUT2D eigenvalue weighted by atomic mass is 32.1. The molecule has 6 heteroatoms. The van der Waals surface area contributed by atoms with Crippen LogP contribution in [0.1, 0.15) is 15.2 Å². The van der Waals surface area contributed by atoms with Gasteiger partial charge in [0, 0.05) is 10.4 Å². The molecule has 0 unspecified atom stereocenters. The van der Waals surface area contributed by atoms with Crippen LogP contribution in [-0.4, -0.2) is 11.8 Å². The van der Waals surface area contributed by atoms with Crippen molar-refractivity contribution in [2.45, 2.75) is 0 Å². The Labute approximate surface area is 155 Å². The van der Waals surface area contributed by atoms with Crippen LogP contribution in [0.25, 0.3) is 6.08 Å². The standard InChI is InChI=1S/C20H17N3O2S/c21-16-10-4-5-11-17(16)22-20(25)18(13-15-9-6-12-26-15)23-19(24)14-7-2-1-3-8-14/h1-13H,21H2,(H,22,25)(H,23,24)/b18-13-. The molecule has 0 fully saturated rings. The van der Waals surface area contributed by atoms with Gasteiger partial charge in [-0.3, -0.25) is 9.59 Å². The van der Waals surface area contributed by atoms with Gasteiger partial charge in [0.2, 0.25) is 0 Å². The van der Waals surface area contributed by atoms with Gasteiger partial charge < -0.3 is 16.4 Å². The van der Waals surface area contributed by atoms with Gasteiger partial charge in [-0.15, -0.1) is 11.3 Å². The van der Waals surface area contributed by atoms with Gasteiger partial charge in [0.05, 0.1) is 11.4 Å². The average Bonchev–Trinajstić information content (AvgIpc) is 3.17. The third kappa shape index (κ3) is 4.37. The number of thiophene rings is 1. The molecule has 0 aliphatic rings. The van der Waals surface area contributed by atoms with E-state index in [9.17, 15) is 9.59 Å². The van der Waals surface area contributed by atoms with E-state index in [1.54, 1.807) is 54.6 Å². The molecule has 1 heterocycles. The van der Waals surface area contributed by atoms with Crippen LogP contribution < -0.4 is 16.4 Å². The van der Waals surface area contributed by atoms with E-state index in [0.717, 1.165) is 4.88 Å². The number of para-hydroxylation sites is 2. The average molecular weight is 363 g/mol. The minimum atomic E-state index is -0.444.